The second-order valence-electron chi connectivity index (χ2n) is 2.78. The fraction of sp³-hybridized carbons (Fsp3) is 0.333. The van der Waals surface area contributed by atoms with Crippen LogP contribution in [0.3, 0.4) is 0 Å². The summed E-state index contributed by atoms with van der Waals surface area (Å²) in [6.07, 6.45) is -2.59. The third kappa shape index (κ3) is 2.23. The number of aromatic nitrogens is 1. The molecule has 7 heteroatoms. The monoisotopic (exact) mass is 235 g/mol. The number of rotatable bonds is 3. The molecule has 0 aliphatic heterocycles. The largest absolute Gasteiger partial charge is 0.462 e. The lowest BCUT2D eigenvalue weighted by Crippen LogP contribution is -2.23. The van der Waals surface area contributed by atoms with Gasteiger partial charge >= 0.3 is 5.97 Å². The van der Waals surface area contributed by atoms with Gasteiger partial charge in [-0.3, -0.25) is 4.79 Å². The molecule has 16 heavy (non-hydrogen) atoms. The Morgan fingerprint density at radius 1 is 1.56 bits per heavy atom. The number of H-pyrrole nitrogens is 1. The van der Waals surface area contributed by atoms with Crippen molar-refractivity contribution < 1.29 is 22.7 Å². The van der Waals surface area contributed by atoms with E-state index in [4.69, 9.17) is 0 Å². The van der Waals surface area contributed by atoms with Crippen molar-refractivity contribution in [2.75, 3.05) is 6.61 Å². The van der Waals surface area contributed by atoms with Gasteiger partial charge in [-0.2, -0.15) is 0 Å². The van der Waals surface area contributed by atoms with Gasteiger partial charge in [0.25, 0.3) is 12.0 Å². The molecule has 1 N–H and O–H groups in total. The van der Waals surface area contributed by atoms with Crippen molar-refractivity contribution in [1.29, 1.82) is 0 Å². The molecule has 0 unspecified atom stereocenters. The Hall–Kier alpha value is -1.79. The lowest BCUT2D eigenvalue weighted by atomic mass is 10.2. The Kier molecular flexibility index (Phi) is 3.70. The van der Waals surface area contributed by atoms with E-state index in [1.807, 2.05) is 4.98 Å². The van der Waals surface area contributed by atoms with Crippen LogP contribution in [0.25, 0.3) is 0 Å². The summed E-state index contributed by atoms with van der Waals surface area (Å²) in [5, 5.41) is 0. The molecule has 1 rings (SSSR count). The zero-order valence-electron chi connectivity index (χ0n) is 8.22. The van der Waals surface area contributed by atoms with Crippen LogP contribution in [0.1, 0.15) is 29.3 Å². The third-order valence-corrected chi connectivity index (χ3v) is 1.77. The van der Waals surface area contributed by atoms with Gasteiger partial charge in [0, 0.05) is 6.20 Å². The van der Waals surface area contributed by atoms with Crippen LogP contribution in [0.2, 0.25) is 0 Å². The predicted octanol–water partition coefficient (Wildman–Crippen LogP) is 1.63. The van der Waals surface area contributed by atoms with Crippen molar-refractivity contribution in [3.63, 3.8) is 0 Å². The number of hydrogen-bond acceptors (Lipinski definition) is 3. The summed E-state index contributed by atoms with van der Waals surface area (Å²) in [5.41, 5.74) is -3.16. The average molecular weight is 235 g/mol. The Morgan fingerprint density at radius 2 is 2.19 bits per heavy atom. The van der Waals surface area contributed by atoms with Crippen LogP contribution in [0, 0.1) is 5.82 Å². The number of esters is 1. The number of pyridine rings is 1. The molecule has 0 atom stereocenters. The highest BCUT2D eigenvalue weighted by atomic mass is 19.3. The van der Waals surface area contributed by atoms with Crippen molar-refractivity contribution >= 4 is 5.97 Å². The zero-order valence-corrected chi connectivity index (χ0v) is 8.22. The van der Waals surface area contributed by atoms with Crippen molar-refractivity contribution in [1.82, 2.24) is 4.98 Å². The van der Waals surface area contributed by atoms with Crippen molar-refractivity contribution in [2.45, 2.75) is 13.3 Å². The van der Waals surface area contributed by atoms with Gasteiger partial charge in [0.15, 0.2) is 11.4 Å². The lowest BCUT2D eigenvalue weighted by molar-refractivity contribution is 0.0517. The molecular formula is C9H8F3NO3. The van der Waals surface area contributed by atoms with Crippen LogP contribution in [-0.2, 0) is 4.74 Å². The fourth-order valence-corrected chi connectivity index (χ4v) is 1.07. The highest BCUT2D eigenvalue weighted by Crippen LogP contribution is 2.21. The fourth-order valence-electron chi connectivity index (χ4n) is 1.07. The molecule has 0 aliphatic rings. The maximum absolute atomic E-state index is 13.4. The normalized spacial score (nSPS) is 10.6. The Morgan fingerprint density at radius 3 is 2.69 bits per heavy atom. The molecule has 0 fully saturated rings. The number of halogens is 3. The number of nitrogens with one attached hydrogen (secondary N) is 1. The molecule has 0 saturated carbocycles. The van der Waals surface area contributed by atoms with Crippen LogP contribution in [0.15, 0.2) is 11.0 Å². The topological polar surface area (TPSA) is 59.2 Å². The second-order valence-corrected chi connectivity index (χ2v) is 2.78. The molecule has 0 spiro atoms. The third-order valence-electron chi connectivity index (χ3n) is 1.77. The number of carbonyl (C=O) groups is 1. The summed E-state index contributed by atoms with van der Waals surface area (Å²) < 4.78 is 42.3. The van der Waals surface area contributed by atoms with E-state index in [1.54, 1.807) is 0 Å². The SMILES string of the molecule is CCOC(=O)c1c(F)c(C(F)F)c[nH]c1=O. The molecule has 4 nitrogen and oxygen atoms in total. The first-order valence-corrected chi connectivity index (χ1v) is 4.35. The number of alkyl halides is 2. The van der Waals surface area contributed by atoms with E-state index < -0.39 is 34.9 Å². The van der Waals surface area contributed by atoms with Gasteiger partial charge in [-0.15, -0.1) is 0 Å². The van der Waals surface area contributed by atoms with Gasteiger partial charge in [-0.05, 0) is 6.92 Å². The molecule has 0 saturated heterocycles. The maximum Gasteiger partial charge on any atom is 0.346 e. The summed E-state index contributed by atoms with van der Waals surface area (Å²) in [6, 6.07) is 0. The summed E-state index contributed by atoms with van der Waals surface area (Å²) >= 11 is 0. The first-order chi connectivity index (χ1) is 7.49. The lowest BCUT2D eigenvalue weighted by Gasteiger charge is -2.05. The van der Waals surface area contributed by atoms with E-state index in [1.165, 1.54) is 6.92 Å². The molecule has 0 bridgehead atoms. The van der Waals surface area contributed by atoms with E-state index in [2.05, 4.69) is 4.74 Å². The summed E-state index contributed by atoms with van der Waals surface area (Å²) in [4.78, 5) is 24.1. The van der Waals surface area contributed by atoms with Gasteiger partial charge in [-0.25, -0.2) is 18.0 Å². The van der Waals surface area contributed by atoms with Gasteiger partial charge in [-0.1, -0.05) is 0 Å². The van der Waals surface area contributed by atoms with Crippen LogP contribution >= 0.6 is 0 Å². The minimum absolute atomic E-state index is 0.0867. The van der Waals surface area contributed by atoms with E-state index in [0.717, 1.165) is 0 Å². The Bertz CT molecular complexity index is 456. The molecule has 0 radical (unpaired) electrons. The standard InChI is InChI=1S/C9H8F3NO3/c1-2-16-9(15)5-6(10)4(7(11)12)3-13-8(5)14/h3,7H,2H2,1H3,(H,13,14). The molecule has 1 aromatic heterocycles. The quantitative estimate of drug-likeness (QED) is 0.810. The highest BCUT2D eigenvalue weighted by molar-refractivity contribution is 5.89. The Balaban J connectivity index is 3.32. The molecule has 1 aromatic rings. The molecule has 0 aliphatic carbocycles. The number of carbonyl (C=O) groups excluding carboxylic acids is 1. The molecule has 0 aromatic carbocycles. The van der Waals surface area contributed by atoms with Crippen LogP contribution < -0.4 is 5.56 Å². The molecule has 88 valence electrons. The molecular weight excluding hydrogens is 227 g/mol. The maximum atomic E-state index is 13.4. The summed E-state index contributed by atoms with van der Waals surface area (Å²) in [7, 11) is 0. The summed E-state index contributed by atoms with van der Waals surface area (Å²) in [6.45, 7) is 1.36. The van der Waals surface area contributed by atoms with E-state index in [0.29, 0.717) is 6.20 Å². The predicted molar refractivity (Wildman–Crippen MR) is 47.9 cm³/mol. The van der Waals surface area contributed by atoms with Crippen LogP contribution in [-0.4, -0.2) is 17.6 Å². The van der Waals surface area contributed by atoms with Crippen molar-refractivity contribution in [2.24, 2.45) is 0 Å². The van der Waals surface area contributed by atoms with Crippen LogP contribution in [0.4, 0.5) is 13.2 Å². The zero-order chi connectivity index (χ0) is 12.3. The van der Waals surface area contributed by atoms with Crippen LogP contribution in [0.5, 0.6) is 0 Å². The van der Waals surface area contributed by atoms with Gasteiger partial charge in [0.1, 0.15) is 0 Å². The number of ether oxygens (including phenoxy) is 1. The van der Waals surface area contributed by atoms with Gasteiger partial charge in [0.2, 0.25) is 0 Å². The van der Waals surface area contributed by atoms with Crippen molar-refractivity contribution in [3.05, 3.63) is 33.5 Å². The average Bonchev–Trinajstić information content (AvgIpc) is 2.17. The van der Waals surface area contributed by atoms with Gasteiger partial charge < -0.3 is 9.72 Å². The minimum Gasteiger partial charge on any atom is -0.462 e. The van der Waals surface area contributed by atoms with E-state index in [-0.39, 0.29) is 6.61 Å². The number of hydrogen-bond donors (Lipinski definition) is 1. The smallest absolute Gasteiger partial charge is 0.346 e. The van der Waals surface area contributed by atoms with E-state index >= 15 is 0 Å². The first kappa shape index (κ1) is 12.3. The second kappa shape index (κ2) is 4.82. The van der Waals surface area contributed by atoms with Crippen molar-refractivity contribution in [3.8, 4) is 0 Å². The van der Waals surface area contributed by atoms with E-state index in [9.17, 15) is 22.8 Å². The summed E-state index contributed by atoms with van der Waals surface area (Å²) in [5.74, 6) is -2.80. The Labute approximate surface area is 88.0 Å². The number of aromatic amines is 1. The highest BCUT2D eigenvalue weighted by Gasteiger charge is 2.24. The first-order valence-electron chi connectivity index (χ1n) is 4.35. The minimum atomic E-state index is -3.12. The van der Waals surface area contributed by atoms with Gasteiger partial charge in [0.05, 0.1) is 12.2 Å². The molecule has 1 heterocycles. The molecule has 0 amide bonds.